The van der Waals surface area contributed by atoms with E-state index < -0.39 is 0 Å². The highest BCUT2D eigenvalue weighted by Gasteiger charge is 2.27. The molecule has 144 valence electrons. The number of benzene rings is 2. The fraction of sp³-hybridized carbons (Fsp3) is 0.348. The largest absolute Gasteiger partial charge is 0.339 e. The Balaban J connectivity index is 1.40. The van der Waals surface area contributed by atoms with Crippen LogP contribution in [-0.2, 0) is 17.8 Å². The van der Waals surface area contributed by atoms with E-state index in [2.05, 4.69) is 23.2 Å². The first-order valence-corrected chi connectivity index (χ1v) is 9.84. The molecule has 0 radical (unpaired) electrons. The molecule has 0 aliphatic heterocycles. The number of fused-ring (bicyclic) bond motifs is 2. The third-order valence-electron chi connectivity index (χ3n) is 5.81. The van der Waals surface area contributed by atoms with Crippen LogP contribution in [0.15, 0.2) is 53.6 Å². The van der Waals surface area contributed by atoms with E-state index in [1.807, 2.05) is 43.1 Å². The van der Waals surface area contributed by atoms with E-state index in [-0.39, 0.29) is 17.5 Å². The number of para-hydroxylation sites is 1. The number of amides is 1. The van der Waals surface area contributed by atoms with Gasteiger partial charge in [-0.3, -0.25) is 14.2 Å². The van der Waals surface area contributed by atoms with Crippen molar-refractivity contribution in [1.82, 2.24) is 14.5 Å². The van der Waals surface area contributed by atoms with Crippen molar-refractivity contribution < 1.29 is 4.79 Å². The third-order valence-corrected chi connectivity index (χ3v) is 5.81. The van der Waals surface area contributed by atoms with Gasteiger partial charge < -0.3 is 4.90 Å². The van der Waals surface area contributed by atoms with Gasteiger partial charge in [0.2, 0.25) is 5.91 Å². The van der Waals surface area contributed by atoms with E-state index in [1.165, 1.54) is 11.1 Å². The van der Waals surface area contributed by atoms with E-state index >= 15 is 0 Å². The number of rotatable bonds is 5. The molecule has 1 aromatic heterocycles. The van der Waals surface area contributed by atoms with Crippen molar-refractivity contribution >= 4 is 16.8 Å². The third kappa shape index (κ3) is 3.33. The van der Waals surface area contributed by atoms with E-state index in [9.17, 15) is 9.59 Å². The highest BCUT2D eigenvalue weighted by Crippen LogP contribution is 2.35. The summed E-state index contributed by atoms with van der Waals surface area (Å²) in [6, 6.07) is 14.2. The Bertz CT molecular complexity index is 1090. The van der Waals surface area contributed by atoms with E-state index in [0.29, 0.717) is 24.8 Å². The summed E-state index contributed by atoms with van der Waals surface area (Å²) >= 11 is 0. The summed E-state index contributed by atoms with van der Waals surface area (Å²) in [7, 11) is 1.89. The molecular weight excluding hydrogens is 350 g/mol. The van der Waals surface area contributed by atoms with Crippen molar-refractivity contribution in [2.24, 2.45) is 0 Å². The molecule has 1 heterocycles. The second-order valence-electron chi connectivity index (χ2n) is 7.58. The summed E-state index contributed by atoms with van der Waals surface area (Å²) < 4.78 is 1.61. The van der Waals surface area contributed by atoms with Crippen LogP contribution in [0.3, 0.4) is 0 Å². The summed E-state index contributed by atoms with van der Waals surface area (Å²) in [4.78, 5) is 31.7. The van der Waals surface area contributed by atoms with Crippen molar-refractivity contribution in [2.45, 2.75) is 45.2 Å². The minimum absolute atomic E-state index is 0.0424. The Hall–Kier alpha value is -2.95. The predicted molar refractivity (Wildman–Crippen MR) is 110 cm³/mol. The maximum Gasteiger partial charge on any atom is 0.261 e. The average molecular weight is 375 g/mol. The van der Waals surface area contributed by atoms with Crippen molar-refractivity contribution in [3.63, 3.8) is 0 Å². The lowest BCUT2D eigenvalue weighted by atomic mass is 10.1. The summed E-state index contributed by atoms with van der Waals surface area (Å²) in [5.41, 5.74) is 4.31. The SMILES string of the molecule is Cc1cccc2c(=O)n(CCCC(=O)N(C)[C@@H]3CCc4ccccc43)cnc12. The molecule has 3 aromatic rings. The molecule has 0 N–H and O–H groups in total. The lowest BCUT2D eigenvalue weighted by Crippen LogP contribution is -2.30. The molecule has 28 heavy (non-hydrogen) atoms. The molecule has 0 unspecified atom stereocenters. The zero-order valence-corrected chi connectivity index (χ0v) is 16.4. The Morgan fingerprint density at radius 1 is 1.21 bits per heavy atom. The van der Waals surface area contributed by atoms with Crippen LogP contribution in [0.1, 0.15) is 42.0 Å². The maximum absolute atomic E-state index is 12.7. The molecule has 1 amide bonds. The highest BCUT2D eigenvalue weighted by molar-refractivity contribution is 5.80. The molecule has 0 spiro atoms. The number of carbonyl (C=O) groups excluding carboxylic acids is 1. The first-order valence-electron chi connectivity index (χ1n) is 9.84. The monoisotopic (exact) mass is 375 g/mol. The molecule has 5 heteroatoms. The number of carbonyl (C=O) groups is 1. The Morgan fingerprint density at radius 3 is 2.89 bits per heavy atom. The van der Waals surface area contributed by atoms with Crippen LogP contribution >= 0.6 is 0 Å². The van der Waals surface area contributed by atoms with Crippen LogP contribution < -0.4 is 5.56 Å². The molecule has 0 saturated heterocycles. The standard InChI is InChI=1S/C23H25N3O2/c1-16-7-5-10-19-22(16)24-15-26(23(19)28)14-6-11-21(27)25(2)20-13-12-17-8-3-4-9-18(17)20/h3-5,7-10,15,20H,6,11-14H2,1-2H3/t20-/m1/s1. The van der Waals surface area contributed by atoms with E-state index in [4.69, 9.17) is 0 Å². The first kappa shape index (κ1) is 18.4. The lowest BCUT2D eigenvalue weighted by Gasteiger charge is -2.25. The van der Waals surface area contributed by atoms with Gasteiger partial charge in [-0.05, 0) is 48.9 Å². The van der Waals surface area contributed by atoms with Gasteiger partial charge in [-0.1, -0.05) is 36.4 Å². The van der Waals surface area contributed by atoms with Crippen molar-refractivity contribution in [3.8, 4) is 0 Å². The molecule has 4 rings (SSSR count). The first-order chi connectivity index (χ1) is 13.6. The van der Waals surface area contributed by atoms with Crippen molar-refractivity contribution in [3.05, 3.63) is 75.8 Å². The van der Waals surface area contributed by atoms with Crippen LogP contribution in [0.25, 0.3) is 10.9 Å². The Kier molecular flexibility index (Phi) is 4.99. The van der Waals surface area contributed by atoms with Gasteiger partial charge in [0.1, 0.15) is 0 Å². The number of aryl methyl sites for hydroxylation is 3. The van der Waals surface area contributed by atoms with Gasteiger partial charge in [0.15, 0.2) is 0 Å². The number of hydrogen-bond donors (Lipinski definition) is 0. The van der Waals surface area contributed by atoms with Gasteiger partial charge in [0.25, 0.3) is 5.56 Å². The van der Waals surface area contributed by atoms with Crippen LogP contribution in [0, 0.1) is 6.92 Å². The van der Waals surface area contributed by atoms with Crippen molar-refractivity contribution in [2.75, 3.05) is 7.05 Å². The molecule has 0 fully saturated rings. The molecule has 0 saturated carbocycles. The number of aromatic nitrogens is 2. The molecule has 1 atom stereocenters. The fourth-order valence-electron chi connectivity index (χ4n) is 4.18. The minimum atomic E-state index is -0.0424. The Morgan fingerprint density at radius 2 is 2.04 bits per heavy atom. The summed E-state index contributed by atoms with van der Waals surface area (Å²) in [5, 5.41) is 0.633. The van der Waals surface area contributed by atoms with Crippen LogP contribution in [0.2, 0.25) is 0 Å². The van der Waals surface area contributed by atoms with Gasteiger partial charge in [0, 0.05) is 20.0 Å². The molecule has 1 aliphatic carbocycles. The maximum atomic E-state index is 12.7. The number of nitrogens with zero attached hydrogens (tertiary/aromatic N) is 3. The molecule has 5 nitrogen and oxygen atoms in total. The van der Waals surface area contributed by atoms with Gasteiger partial charge in [-0.25, -0.2) is 4.98 Å². The Labute approximate surface area is 164 Å². The van der Waals surface area contributed by atoms with Crippen molar-refractivity contribution in [1.29, 1.82) is 0 Å². The number of hydrogen-bond acceptors (Lipinski definition) is 3. The second kappa shape index (κ2) is 7.58. The lowest BCUT2D eigenvalue weighted by molar-refractivity contribution is -0.132. The van der Waals surface area contributed by atoms with Gasteiger partial charge in [0.05, 0.1) is 23.3 Å². The van der Waals surface area contributed by atoms with E-state index in [1.54, 1.807) is 10.9 Å². The molecular formula is C23H25N3O2. The quantitative estimate of drug-likeness (QED) is 0.684. The predicted octanol–water partition coefficient (Wildman–Crippen LogP) is 3.63. The van der Waals surface area contributed by atoms with Crippen LogP contribution in [0.4, 0.5) is 0 Å². The normalized spacial score (nSPS) is 15.6. The van der Waals surface area contributed by atoms with Gasteiger partial charge >= 0.3 is 0 Å². The molecule has 0 bridgehead atoms. The smallest absolute Gasteiger partial charge is 0.261 e. The molecule has 2 aromatic carbocycles. The zero-order chi connectivity index (χ0) is 19.7. The average Bonchev–Trinajstić information content (AvgIpc) is 3.13. The topological polar surface area (TPSA) is 55.2 Å². The highest BCUT2D eigenvalue weighted by atomic mass is 16.2. The summed E-state index contributed by atoms with van der Waals surface area (Å²) in [6.45, 7) is 2.45. The van der Waals surface area contributed by atoms with Gasteiger partial charge in [-0.2, -0.15) is 0 Å². The van der Waals surface area contributed by atoms with E-state index in [0.717, 1.165) is 23.9 Å². The second-order valence-corrected chi connectivity index (χ2v) is 7.58. The fourth-order valence-corrected chi connectivity index (χ4v) is 4.18. The van der Waals surface area contributed by atoms with Crippen LogP contribution in [0.5, 0.6) is 0 Å². The summed E-state index contributed by atoms with van der Waals surface area (Å²) in [5.74, 6) is 0.124. The van der Waals surface area contributed by atoms with Crippen LogP contribution in [-0.4, -0.2) is 27.4 Å². The van der Waals surface area contributed by atoms with Gasteiger partial charge in [-0.15, -0.1) is 0 Å². The zero-order valence-electron chi connectivity index (χ0n) is 16.4. The summed E-state index contributed by atoms with van der Waals surface area (Å²) in [6.07, 6.45) is 4.65. The molecule has 1 aliphatic rings. The minimum Gasteiger partial charge on any atom is -0.339 e.